The number of rotatable bonds is 6. The molecular formula is C61H48N2. The first-order chi connectivity index (χ1) is 30.9. The van der Waals surface area contributed by atoms with Gasteiger partial charge < -0.3 is 0 Å². The van der Waals surface area contributed by atoms with Crippen molar-refractivity contribution in [1.82, 2.24) is 9.97 Å². The molecule has 1 fully saturated rings. The summed E-state index contributed by atoms with van der Waals surface area (Å²) in [5, 5.41) is 0. The van der Waals surface area contributed by atoms with E-state index in [1.54, 1.807) is 11.1 Å². The van der Waals surface area contributed by atoms with Crippen molar-refractivity contribution in [3.63, 3.8) is 0 Å². The van der Waals surface area contributed by atoms with Crippen LogP contribution in [0.15, 0.2) is 194 Å². The predicted molar refractivity (Wildman–Crippen MR) is 262 cm³/mol. The fourth-order valence-electron chi connectivity index (χ4n) is 11.3. The summed E-state index contributed by atoms with van der Waals surface area (Å²) in [7, 11) is 0. The summed E-state index contributed by atoms with van der Waals surface area (Å²) in [5.74, 6) is 0.716. The molecule has 2 heteroatoms. The summed E-state index contributed by atoms with van der Waals surface area (Å²) in [5.41, 5.74) is 24.0. The van der Waals surface area contributed by atoms with Crippen LogP contribution in [-0.4, -0.2) is 9.97 Å². The van der Waals surface area contributed by atoms with E-state index in [0.717, 1.165) is 33.6 Å². The lowest BCUT2D eigenvalue weighted by molar-refractivity contribution is 0.353. The van der Waals surface area contributed by atoms with Crippen molar-refractivity contribution in [1.29, 1.82) is 0 Å². The number of aromatic nitrogens is 2. The average molecular weight is 809 g/mol. The van der Waals surface area contributed by atoms with Crippen LogP contribution in [0.2, 0.25) is 0 Å². The van der Waals surface area contributed by atoms with E-state index in [9.17, 15) is 0 Å². The van der Waals surface area contributed by atoms with Crippen molar-refractivity contribution >= 4 is 0 Å². The molecule has 9 aromatic rings. The summed E-state index contributed by atoms with van der Waals surface area (Å²) in [6.45, 7) is 4.85. The zero-order chi connectivity index (χ0) is 42.1. The second kappa shape index (κ2) is 14.7. The van der Waals surface area contributed by atoms with Gasteiger partial charge in [0.15, 0.2) is 5.82 Å². The Kier molecular flexibility index (Phi) is 8.80. The highest BCUT2D eigenvalue weighted by molar-refractivity contribution is 5.96. The maximum Gasteiger partial charge on any atom is 0.160 e. The van der Waals surface area contributed by atoms with Crippen LogP contribution in [0.4, 0.5) is 0 Å². The van der Waals surface area contributed by atoms with E-state index in [1.165, 1.54) is 93.3 Å². The predicted octanol–water partition coefficient (Wildman–Crippen LogP) is 16.0. The van der Waals surface area contributed by atoms with Crippen molar-refractivity contribution in [3.05, 3.63) is 216 Å². The number of hydrogen-bond acceptors (Lipinski definition) is 2. The lowest BCUT2D eigenvalue weighted by Crippen LogP contribution is -2.28. The van der Waals surface area contributed by atoms with E-state index in [1.807, 2.05) is 18.2 Å². The third-order valence-corrected chi connectivity index (χ3v) is 14.5. The van der Waals surface area contributed by atoms with Gasteiger partial charge in [0.05, 0.1) is 11.4 Å². The molecule has 12 rings (SSSR count). The van der Waals surface area contributed by atoms with Crippen LogP contribution in [0.1, 0.15) is 68.2 Å². The Morgan fingerprint density at radius 2 is 0.857 bits per heavy atom. The molecule has 8 aromatic carbocycles. The standard InChI is InChI=1S/C61H48N2/c1-60(2)53-25-15-23-48(58(53)51-38-55-50(37-54(51)60)49-22-10-11-24-52(49)61(55)34-12-5-13-35-61)43-30-26-42(27-31-43)46-20-14-21-47(36-46)57-39-56(62-59(63-57)45-18-8-4-9-19-45)44-32-28-41(29-33-44)40-16-6-3-7-17-40/h3-4,6-11,14-33,36-39H,5,12-13,34-35H2,1-2H3. The van der Waals surface area contributed by atoms with Gasteiger partial charge >= 0.3 is 0 Å². The fourth-order valence-corrected chi connectivity index (χ4v) is 11.3. The third-order valence-electron chi connectivity index (χ3n) is 14.5. The largest absolute Gasteiger partial charge is 0.228 e. The molecule has 3 aliphatic carbocycles. The molecule has 0 saturated heterocycles. The summed E-state index contributed by atoms with van der Waals surface area (Å²) in [4.78, 5) is 10.3. The van der Waals surface area contributed by atoms with Crippen LogP contribution in [-0.2, 0) is 10.8 Å². The van der Waals surface area contributed by atoms with Gasteiger partial charge in [0.1, 0.15) is 0 Å². The lowest BCUT2D eigenvalue weighted by Gasteiger charge is -2.36. The smallest absolute Gasteiger partial charge is 0.160 e. The highest BCUT2D eigenvalue weighted by atomic mass is 14.9. The van der Waals surface area contributed by atoms with Gasteiger partial charge in [-0.25, -0.2) is 9.97 Å². The van der Waals surface area contributed by atoms with Gasteiger partial charge in [0.25, 0.3) is 0 Å². The minimum absolute atomic E-state index is 0.0970. The zero-order valence-electron chi connectivity index (χ0n) is 35.9. The van der Waals surface area contributed by atoms with Gasteiger partial charge in [-0.1, -0.05) is 203 Å². The fraction of sp³-hybridized carbons (Fsp3) is 0.148. The van der Waals surface area contributed by atoms with Gasteiger partial charge in [-0.05, 0) is 115 Å². The Bertz CT molecular complexity index is 3190. The van der Waals surface area contributed by atoms with Gasteiger partial charge in [-0.3, -0.25) is 0 Å². The average Bonchev–Trinajstić information content (AvgIpc) is 3.74. The summed E-state index contributed by atoms with van der Waals surface area (Å²) < 4.78 is 0. The molecule has 1 saturated carbocycles. The van der Waals surface area contributed by atoms with Crippen LogP contribution < -0.4 is 0 Å². The number of nitrogens with zero attached hydrogens (tertiary/aromatic N) is 2. The Hall–Kier alpha value is -7.16. The molecule has 63 heavy (non-hydrogen) atoms. The van der Waals surface area contributed by atoms with Crippen LogP contribution >= 0.6 is 0 Å². The van der Waals surface area contributed by atoms with Crippen molar-refractivity contribution in [2.75, 3.05) is 0 Å². The Morgan fingerprint density at radius 1 is 0.333 bits per heavy atom. The first kappa shape index (κ1) is 37.6. The highest BCUT2D eigenvalue weighted by Gasteiger charge is 2.46. The molecule has 1 spiro atoms. The maximum atomic E-state index is 5.17. The first-order valence-corrected chi connectivity index (χ1v) is 22.7. The number of benzene rings is 8. The Labute approximate surface area is 371 Å². The van der Waals surface area contributed by atoms with E-state index in [2.05, 4.69) is 190 Å². The summed E-state index contributed by atoms with van der Waals surface area (Å²) in [6.07, 6.45) is 6.42. The Balaban J connectivity index is 0.904. The van der Waals surface area contributed by atoms with Crippen LogP contribution in [0.3, 0.4) is 0 Å². The van der Waals surface area contributed by atoms with Crippen molar-refractivity contribution in [3.8, 4) is 89.5 Å². The van der Waals surface area contributed by atoms with Crippen molar-refractivity contribution in [2.24, 2.45) is 0 Å². The molecule has 1 heterocycles. The molecule has 0 bridgehead atoms. The summed E-state index contributed by atoms with van der Waals surface area (Å²) >= 11 is 0. The third kappa shape index (κ3) is 6.15. The normalized spacial score (nSPS) is 15.1. The van der Waals surface area contributed by atoms with Gasteiger partial charge in [-0.2, -0.15) is 0 Å². The highest BCUT2D eigenvalue weighted by Crippen LogP contribution is 2.60. The van der Waals surface area contributed by atoms with E-state index in [4.69, 9.17) is 9.97 Å². The van der Waals surface area contributed by atoms with E-state index in [-0.39, 0.29) is 10.8 Å². The van der Waals surface area contributed by atoms with Crippen molar-refractivity contribution in [2.45, 2.75) is 56.8 Å². The van der Waals surface area contributed by atoms with E-state index >= 15 is 0 Å². The second-order valence-electron chi connectivity index (χ2n) is 18.4. The molecule has 0 N–H and O–H groups in total. The minimum atomic E-state index is -0.0970. The molecule has 3 aliphatic rings. The van der Waals surface area contributed by atoms with E-state index in [0.29, 0.717) is 5.82 Å². The Morgan fingerprint density at radius 3 is 1.60 bits per heavy atom. The molecule has 0 amide bonds. The second-order valence-corrected chi connectivity index (χ2v) is 18.4. The molecule has 0 atom stereocenters. The maximum absolute atomic E-state index is 5.17. The molecule has 0 aliphatic heterocycles. The van der Waals surface area contributed by atoms with Gasteiger partial charge in [0.2, 0.25) is 0 Å². The van der Waals surface area contributed by atoms with E-state index < -0.39 is 0 Å². The minimum Gasteiger partial charge on any atom is -0.228 e. The topological polar surface area (TPSA) is 25.8 Å². The molecule has 0 radical (unpaired) electrons. The quantitative estimate of drug-likeness (QED) is 0.167. The first-order valence-electron chi connectivity index (χ1n) is 22.7. The van der Waals surface area contributed by atoms with Crippen molar-refractivity contribution < 1.29 is 0 Å². The SMILES string of the molecule is CC1(C)c2cc3c(cc2-c2c(-c4ccc(-c5cccc(-c6cc(-c7ccc(-c8ccccc8)cc7)nc(-c7ccccc7)n6)c5)cc4)cccc21)C1(CCCCC1)c1ccccc1-3. The molecule has 0 unspecified atom stereocenters. The van der Waals surface area contributed by atoms with Crippen LogP contribution in [0.5, 0.6) is 0 Å². The lowest BCUT2D eigenvalue weighted by atomic mass is 9.67. The number of hydrogen-bond donors (Lipinski definition) is 0. The van der Waals surface area contributed by atoms with Crippen LogP contribution in [0.25, 0.3) is 89.5 Å². The zero-order valence-corrected chi connectivity index (χ0v) is 35.9. The molecule has 2 nitrogen and oxygen atoms in total. The number of fused-ring (bicyclic) bond motifs is 8. The van der Waals surface area contributed by atoms with Gasteiger partial charge in [0, 0.05) is 27.5 Å². The van der Waals surface area contributed by atoms with Crippen LogP contribution in [0, 0.1) is 0 Å². The molecule has 1 aromatic heterocycles. The van der Waals surface area contributed by atoms with Gasteiger partial charge in [-0.15, -0.1) is 0 Å². The monoisotopic (exact) mass is 808 g/mol. The molecule has 302 valence electrons. The molecular weight excluding hydrogens is 761 g/mol. The summed E-state index contributed by atoms with van der Waals surface area (Å²) in [6, 6.07) is 71.1.